The number of hydrogen-bond donors (Lipinski definition) is 1. The zero-order chi connectivity index (χ0) is 32.3. The highest BCUT2D eigenvalue weighted by Gasteiger charge is 2.31. The number of carbonyl (C=O) groups excluding carboxylic acids is 3. The number of rotatable bonds is 11. The van der Waals surface area contributed by atoms with Gasteiger partial charge in [0.2, 0.25) is 0 Å². The Morgan fingerprint density at radius 3 is 1.76 bits per heavy atom. The molecule has 230 valence electrons. The molecule has 46 heavy (non-hydrogen) atoms. The third-order valence-electron chi connectivity index (χ3n) is 7.21. The molecule has 0 atom stereocenters. The SMILES string of the molecule is O=C(O)CCc1ccc(N(C(=O)C(=O)OCc2ccccc2)c2ccccc2C(=O)OC(c2ccccc2)c2ccccc2)cc1. The van der Waals surface area contributed by atoms with Crippen LogP contribution in [0.5, 0.6) is 0 Å². The number of carbonyl (C=O) groups is 4. The predicted molar refractivity (Wildman–Crippen MR) is 172 cm³/mol. The molecule has 8 nitrogen and oxygen atoms in total. The van der Waals surface area contributed by atoms with E-state index in [9.17, 15) is 19.2 Å². The molecule has 0 aliphatic heterocycles. The summed E-state index contributed by atoms with van der Waals surface area (Å²) in [7, 11) is 0. The highest BCUT2D eigenvalue weighted by atomic mass is 16.5. The molecule has 0 aliphatic carbocycles. The molecule has 0 saturated heterocycles. The fourth-order valence-corrected chi connectivity index (χ4v) is 4.90. The Morgan fingerprint density at radius 2 is 1.17 bits per heavy atom. The van der Waals surface area contributed by atoms with Gasteiger partial charge in [0.05, 0.1) is 11.3 Å². The van der Waals surface area contributed by atoms with E-state index >= 15 is 0 Å². The van der Waals surface area contributed by atoms with Gasteiger partial charge in [-0.3, -0.25) is 14.5 Å². The van der Waals surface area contributed by atoms with E-state index in [1.807, 2.05) is 66.7 Å². The lowest BCUT2D eigenvalue weighted by Gasteiger charge is -2.25. The molecule has 1 amide bonds. The van der Waals surface area contributed by atoms with Gasteiger partial charge in [0.15, 0.2) is 6.10 Å². The van der Waals surface area contributed by atoms with Gasteiger partial charge in [0, 0.05) is 12.1 Å². The average Bonchev–Trinajstić information content (AvgIpc) is 3.10. The van der Waals surface area contributed by atoms with Crippen molar-refractivity contribution in [1.82, 2.24) is 0 Å². The molecular formula is C38H31NO7. The van der Waals surface area contributed by atoms with E-state index in [2.05, 4.69) is 0 Å². The number of ether oxygens (including phenoxy) is 2. The van der Waals surface area contributed by atoms with Crippen LogP contribution in [0.3, 0.4) is 0 Å². The van der Waals surface area contributed by atoms with Crippen LogP contribution in [0.15, 0.2) is 140 Å². The van der Waals surface area contributed by atoms with E-state index in [1.165, 1.54) is 6.07 Å². The summed E-state index contributed by atoms with van der Waals surface area (Å²) in [4.78, 5) is 53.1. The number of benzene rings is 5. The lowest BCUT2D eigenvalue weighted by Crippen LogP contribution is -2.35. The zero-order valence-corrected chi connectivity index (χ0v) is 24.8. The fourth-order valence-electron chi connectivity index (χ4n) is 4.90. The Kier molecular flexibility index (Phi) is 10.3. The number of para-hydroxylation sites is 1. The Bertz CT molecular complexity index is 1750. The highest BCUT2D eigenvalue weighted by Crippen LogP contribution is 2.33. The van der Waals surface area contributed by atoms with E-state index in [-0.39, 0.29) is 36.4 Å². The van der Waals surface area contributed by atoms with Crippen LogP contribution in [0.2, 0.25) is 0 Å². The quantitative estimate of drug-likeness (QED) is 0.125. The monoisotopic (exact) mass is 613 g/mol. The standard InChI is InChI=1S/C38H31NO7/c40-34(41)25-22-27-20-23-31(24-21-27)39(36(42)38(44)45-26-28-12-4-1-5-13-28)33-19-11-10-18-32(33)37(43)46-35(29-14-6-2-7-15-29)30-16-8-3-9-17-30/h1-21,23-24,35H,22,25-26H2,(H,40,41). The Morgan fingerprint density at radius 1 is 0.630 bits per heavy atom. The maximum absolute atomic E-state index is 13.9. The Labute approximate surface area is 266 Å². The molecule has 8 heteroatoms. The minimum absolute atomic E-state index is 0.0542. The molecule has 5 aromatic carbocycles. The summed E-state index contributed by atoms with van der Waals surface area (Å²) in [5.74, 6) is -3.77. The first-order valence-electron chi connectivity index (χ1n) is 14.7. The molecule has 0 heterocycles. The number of carboxylic acids is 1. The van der Waals surface area contributed by atoms with Gasteiger partial charge in [0.1, 0.15) is 6.61 Å². The first-order chi connectivity index (χ1) is 22.4. The number of nitrogens with zero attached hydrogens (tertiary/aromatic N) is 1. The first kappa shape index (κ1) is 31.4. The minimum atomic E-state index is -1.12. The molecule has 0 aromatic heterocycles. The smallest absolute Gasteiger partial charge is 0.398 e. The van der Waals surface area contributed by atoms with Crippen molar-refractivity contribution in [1.29, 1.82) is 0 Å². The van der Waals surface area contributed by atoms with Gasteiger partial charge in [-0.2, -0.15) is 0 Å². The Hall–Kier alpha value is -6.02. The molecule has 0 saturated carbocycles. The van der Waals surface area contributed by atoms with Crippen molar-refractivity contribution < 1.29 is 33.8 Å². The van der Waals surface area contributed by atoms with Gasteiger partial charge in [0.25, 0.3) is 0 Å². The van der Waals surface area contributed by atoms with Gasteiger partial charge in [-0.25, -0.2) is 9.59 Å². The van der Waals surface area contributed by atoms with E-state index in [1.54, 1.807) is 66.7 Å². The molecular weight excluding hydrogens is 582 g/mol. The highest BCUT2D eigenvalue weighted by molar-refractivity contribution is 6.40. The third-order valence-corrected chi connectivity index (χ3v) is 7.21. The average molecular weight is 614 g/mol. The van der Waals surface area contributed by atoms with E-state index in [0.717, 1.165) is 21.6 Å². The number of carboxylic acid groups (broad SMARTS) is 1. The van der Waals surface area contributed by atoms with Crippen LogP contribution in [0.1, 0.15) is 45.1 Å². The number of esters is 2. The molecule has 5 rings (SSSR count). The van der Waals surface area contributed by atoms with E-state index < -0.39 is 29.9 Å². The molecule has 0 aliphatic rings. The largest absolute Gasteiger partial charge is 0.481 e. The van der Waals surface area contributed by atoms with E-state index in [0.29, 0.717) is 5.56 Å². The van der Waals surface area contributed by atoms with E-state index in [4.69, 9.17) is 14.6 Å². The Balaban J connectivity index is 1.50. The second kappa shape index (κ2) is 15.1. The maximum Gasteiger partial charge on any atom is 0.398 e. The lowest BCUT2D eigenvalue weighted by molar-refractivity contribution is -0.154. The topological polar surface area (TPSA) is 110 Å². The van der Waals surface area contributed by atoms with Crippen molar-refractivity contribution in [2.75, 3.05) is 4.90 Å². The second-order valence-corrected chi connectivity index (χ2v) is 10.4. The summed E-state index contributed by atoms with van der Waals surface area (Å²) in [5, 5.41) is 9.08. The van der Waals surface area contributed by atoms with Crippen molar-refractivity contribution in [3.63, 3.8) is 0 Å². The molecule has 0 spiro atoms. The first-order valence-corrected chi connectivity index (χ1v) is 14.7. The van der Waals surface area contributed by atoms with Gasteiger partial charge in [-0.05, 0) is 52.9 Å². The van der Waals surface area contributed by atoms with Crippen LogP contribution in [-0.2, 0) is 36.9 Å². The summed E-state index contributed by atoms with van der Waals surface area (Å²) >= 11 is 0. The summed E-state index contributed by atoms with van der Waals surface area (Å²) in [6.45, 7) is -0.118. The maximum atomic E-state index is 13.9. The molecule has 0 unspecified atom stereocenters. The van der Waals surface area contributed by atoms with Crippen molar-refractivity contribution in [2.45, 2.75) is 25.6 Å². The summed E-state index contributed by atoms with van der Waals surface area (Å²) in [6.07, 6.45) is -0.519. The fraction of sp³-hybridized carbons (Fsp3) is 0.105. The normalized spacial score (nSPS) is 10.6. The van der Waals surface area contributed by atoms with Crippen LogP contribution in [0.4, 0.5) is 11.4 Å². The molecule has 0 bridgehead atoms. The van der Waals surface area contributed by atoms with Crippen LogP contribution in [0.25, 0.3) is 0 Å². The number of amides is 1. The van der Waals surface area contributed by atoms with Gasteiger partial charge >= 0.3 is 23.8 Å². The summed E-state index contributed by atoms with van der Waals surface area (Å²) in [5.41, 5.74) is 3.40. The molecule has 5 aromatic rings. The van der Waals surface area contributed by atoms with Crippen LogP contribution in [-0.4, -0.2) is 28.9 Å². The van der Waals surface area contributed by atoms with Gasteiger partial charge < -0.3 is 14.6 Å². The van der Waals surface area contributed by atoms with Crippen LogP contribution < -0.4 is 4.90 Å². The molecule has 0 fully saturated rings. The molecule has 1 N–H and O–H groups in total. The summed E-state index contributed by atoms with van der Waals surface area (Å²) < 4.78 is 11.5. The van der Waals surface area contributed by atoms with Crippen molar-refractivity contribution >= 4 is 35.2 Å². The number of hydrogen-bond acceptors (Lipinski definition) is 6. The van der Waals surface area contributed by atoms with Crippen molar-refractivity contribution in [2.24, 2.45) is 0 Å². The third kappa shape index (κ3) is 7.92. The number of anilines is 2. The minimum Gasteiger partial charge on any atom is -0.481 e. The predicted octanol–water partition coefficient (Wildman–Crippen LogP) is 7.06. The number of aliphatic carboxylic acids is 1. The van der Waals surface area contributed by atoms with Crippen LogP contribution in [0, 0.1) is 0 Å². The van der Waals surface area contributed by atoms with Crippen LogP contribution >= 0.6 is 0 Å². The lowest BCUT2D eigenvalue weighted by atomic mass is 10.0. The van der Waals surface area contributed by atoms with Gasteiger partial charge in [-0.15, -0.1) is 0 Å². The van der Waals surface area contributed by atoms with Crippen molar-refractivity contribution in [3.05, 3.63) is 167 Å². The van der Waals surface area contributed by atoms with Gasteiger partial charge in [-0.1, -0.05) is 115 Å². The molecule has 0 radical (unpaired) electrons. The summed E-state index contributed by atoms with van der Waals surface area (Å²) in [6, 6.07) is 40.5. The van der Waals surface area contributed by atoms with Crippen molar-refractivity contribution in [3.8, 4) is 0 Å². The second-order valence-electron chi connectivity index (χ2n) is 10.4. The number of aryl methyl sites for hydroxylation is 1. The zero-order valence-electron chi connectivity index (χ0n) is 24.8.